The Bertz CT molecular complexity index is 736. The third-order valence-corrected chi connectivity index (χ3v) is 5.12. The van der Waals surface area contributed by atoms with Crippen molar-refractivity contribution in [2.45, 2.75) is 36.2 Å². The smallest absolute Gasteiger partial charge is 0.331 e. The topological polar surface area (TPSA) is 63.6 Å². The summed E-state index contributed by atoms with van der Waals surface area (Å²) >= 11 is 0. The molecule has 0 heterocycles. The minimum Gasteiger partial charge on any atom is -0.478 e. The number of carboxylic acid groups (broad SMARTS) is 1. The first kappa shape index (κ1) is 19.2. The largest absolute Gasteiger partial charge is 0.478 e. The predicted octanol–water partition coefficient (Wildman–Crippen LogP) is 5.30. The standard InChI is InChI=1S/C15H15F5O4S/c1-10(14(22)23)9-13(21)24-15(7-2-8-15)11-3-5-12(6-4-11)25(16,17,18,19)20/h3-6H,1-2,7-9H2,(H,22,23). The Kier molecular flexibility index (Phi) is 4.00. The maximum Gasteiger partial charge on any atom is 0.331 e. The number of ether oxygens (including phenoxy) is 1. The van der Waals surface area contributed by atoms with E-state index in [1.165, 1.54) is 0 Å². The number of carbonyl (C=O) groups is 2. The summed E-state index contributed by atoms with van der Waals surface area (Å²) in [6.07, 6.45) is 0.638. The van der Waals surface area contributed by atoms with Crippen molar-refractivity contribution in [3.05, 3.63) is 42.0 Å². The van der Waals surface area contributed by atoms with E-state index in [2.05, 4.69) is 6.58 Å². The van der Waals surface area contributed by atoms with Crippen LogP contribution in [0, 0.1) is 0 Å². The summed E-state index contributed by atoms with van der Waals surface area (Å²) in [6, 6.07) is 2.24. The normalized spacial score (nSPS) is 19.1. The molecule has 140 valence electrons. The fourth-order valence-corrected chi connectivity index (χ4v) is 3.12. The van der Waals surface area contributed by atoms with Crippen LogP contribution in [0.4, 0.5) is 19.4 Å². The summed E-state index contributed by atoms with van der Waals surface area (Å²) < 4.78 is 69.0. The van der Waals surface area contributed by atoms with E-state index >= 15 is 0 Å². The summed E-state index contributed by atoms with van der Waals surface area (Å²) in [7, 11) is -9.77. The minimum atomic E-state index is -9.77. The number of esters is 1. The molecule has 0 amide bonds. The van der Waals surface area contributed by atoms with Gasteiger partial charge in [-0.1, -0.05) is 38.1 Å². The molecule has 0 aromatic heterocycles. The zero-order valence-electron chi connectivity index (χ0n) is 12.8. The van der Waals surface area contributed by atoms with Crippen LogP contribution in [0.3, 0.4) is 0 Å². The van der Waals surface area contributed by atoms with Crippen molar-refractivity contribution in [3.8, 4) is 0 Å². The highest BCUT2D eigenvalue weighted by molar-refractivity contribution is 8.45. The van der Waals surface area contributed by atoms with E-state index in [9.17, 15) is 29.0 Å². The van der Waals surface area contributed by atoms with Crippen molar-refractivity contribution in [3.63, 3.8) is 0 Å². The zero-order chi connectivity index (χ0) is 19.2. The molecule has 0 saturated heterocycles. The van der Waals surface area contributed by atoms with Gasteiger partial charge >= 0.3 is 22.2 Å². The van der Waals surface area contributed by atoms with Crippen molar-refractivity contribution >= 4 is 22.2 Å². The zero-order valence-corrected chi connectivity index (χ0v) is 13.6. The van der Waals surface area contributed by atoms with Crippen LogP contribution in [-0.4, -0.2) is 17.0 Å². The van der Waals surface area contributed by atoms with Crippen LogP contribution in [-0.2, 0) is 19.9 Å². The quantitative estimate of drug-likeness (QED) is 0.410. The number of benzene rings is 1. The summed E-state index contributed by atoms with van der Waals surface area (Å²) in [5.41, 5.74) is -1.47. The summed E-state index contributed by atoms with van der Waals surface area (Å²) in [5.74, 6) is -2.27. The lowest BCUT2D eigenvalue weighted by molar-refractivity contribution is -0.171. The van der Waals surface area contributed by atoms with Gasteiger partial charge in [0.2, 0.25) is 0 Å². The molecule has 4 nitrogen and oxygen atoms in total. The molecule has 0 bridgehead atoms. The molecule has 1 aromatic carbocycles. The second kappa shape index (κ2) is 5.20. The fourth-order valence-electron chi connectivity index (χ4n) is 2.47. The molecule has 1 fully saturated rings. The molecule has 1 N–H and O–H groups in total. The summed E-state index contributed by atoms with van der Waals surface area (Å²) in [4.78, 5) is 20.5. The highest BCUT2D eigenvalue weighted by atomic mass is 32.5. The maximum absolute atomic E-state index is 12.8. The molecule has 25 heavy (non-hydrogen) atoms. The first-order valence-electron chi connectivity index (χ1n) is 7.10. The van der Waals surface area contributed by atoms with Gasteiger partial charge in [0.1, 0.15) is 10.5 Å². The van der Waals surface area contributed by atoms with E-state index in [0.29, 0.717) is 19.3 Å². The lowest BCUT2D eigenvalue weighted by Crippen LogP contribution is -2.39. The summed E-state index contributed by atoms with van der Waals surface area (Å²) in [5, 5.41) is 8.69. The molecule has 0 radical (unpaired) electrons. The van der Waals surface area contributed by atoms with Crippen LogP contribution in [0.25, 0.3) is 0 Å². The van der Waals surface area contributed by atoms with E-state index in [1.807, 2.05) is 0 Å². The second-order valence-electron chi connectivity index (χ2n) is 5.90. The monoisotopic (exact) mass is 386 g/mol. The molecule has 1 aromatic rings. The van der Waals surface area contributed by atoms with E-state index in [1.54, 1.807) is 0 Å². The van der Waals surface area contributed by atoms with Crippen LogP contribution in [0.2, 0.25) is 0 Å². The first-order valence-corrected chi connectivity index (χ1v) is 9.06. The Hall–Kier alpha value is -2.10. The van der Waals surface area contributed by atoms with E-state index in [0.717, 1.165) is 12.1 Å². The SMILES string of the molecule is C=C(CC(=O)OC1(c2ccc(S(F)(F)(F)(F)F)cc2)CCC1)C(=O)O. The van der Waals surface area contributed by atoms with Gasteiger partial charge < -0.3 is 9.84 Å². The highest BCUT2D eigenvalue weighted by Crippen LogP contribution is 3.02. The van der Waals surface area contributed by atoms with Gasteiger partial charge in [-0.25, -0.2) is 4.79 Å². The molecular weight excluding hydrogens is 371 g/mol. The van der Waals surface area contributed by atoms with Crippen molar-refractivity contribution in [2.75, 3.05) is 0 Å². The van der Waals surface area contributed by atoms with E-state index in [-0.39, 0.29) is 17.7 Å². The Balaban J connectivity index is 2.22. The van der Waals surface area contributed by atoms with E-state index in [4.69, 9.17) is 9.84 Å². The average molecular weight is 386 g/mol. The molecule has 0 unspecified atom stereocenters. The lowest BCUT2D eigenvalue weighted by Gasteiger charge is -2.43. The maximum atomic E-state index is 12.8. The highest BCUT2D eigenvalue weighted by Gasteiger charge is 2.65. The molecular formula is C15H15F5O4S. The Labute approximate surface area is 140 Å². The Morgan fingerprint density at radius 3 is 2.00 bits per heavy atom. The molecule has 0 spiro atoms. The van der Waals surface area contributed by atoms with Gasteiger partial charge in [-0.2, -0.15) is 0 Å². The van der Waals surface area contributed by atoms with Crippen LogP contribution in [0.15, 0.2) is 41.3 Å². The number of carbonyl (C=O) groups excluding carboxylic acids is 1. The Morgan fingerprint density at radius 2 is 1.64 bits per heavy atom. The third-order valence-electron chi connectivity index (χ3n) is 3.96. The van der Waals surface area contributed by atoms with Gasteiger partial charge in [0.15, 0.2) is 0 Å². The number of halogens is 5. The van der Waals surface area contributed by atoms with Crippen LogP contribution in [0.5, 0.6) is 0 Å². The third kappa shape index (κ3) is 4.30. The van der Waals surface area contributed by atoms with Crippen LogP contribution < -0.4 is 0 Å². The molecule has 0 atom stereocenters. The molecule has 1 saturated carbocycles. The average Bonchev–Trinajstić information content (AvgIpc) is 2.40. The number of hydrogen-bond donors (Lipinski definition) is 1. The van der Waals surface area contributed by atoms with Gasteiger partial charge in [0.05, 0.1) is 6.42 Å². The molecule has 1 aliphatic rings. The molecule has 0 aliphatic heterocycles. The fraction of sp³-hybridized carbons (Fsp3) is 0.333. The number of carboxylic acids is 1. The van der Waals surface area contributed by atoms with Crippen molar-refractivity contribution in [1.29, 1.82) is 0 Å². The predicted molar refractivity (Wildman–Crippen MR) is 80.9 cm³/mol. The molecule has 2 rings (SSSR count). The van der Waals surface area contributed by atoms with Gasteiger partial charge in [-0.05, 0) is 37.0 Å². The van der Waals surface area contributed by atoms with Crippen LogP contribution >= 0.6 is 10.2 Å². The lowest BCUT2D eigenvalue weighted by atomic mass is 9.75. The first-order chi connectivity index (χ1) is 11.1. The number of rotatable bonds is 6. The van der Waals surface area contributed by atoms with Gasteiger partial charge in [-0.3, -0.25) is 4.79 Å². The van der Waals surface area contributed by atoms with E-state index < -0.39 is 44.7 Å². The molecule has 10 heteroatoms. The minimum absolute atomic E-state index is 0.152. The number of hydrogen-bond acceptors (Lipinski definition) is 3. The van der Waals surface area contributed by atoms with Crippen LogP contribution in [0.1, 0.15) is 31.2 Å². The van der Waals surface area contributed by atoms with Crippen molar-refractivity contribution in [2.24, 2.45) is 0 Å². The van der Waals surface area contributed by atoms with Gasteiger partial charge in [0.25, 0.3) is 0 Å². The molecule has 1 aliphatic carbocycles. The second-order valence-corrected chi connectivity index (χ2v) is 8.31. The summed E-state index contributed by atoms with van der Waals surface area (Å²) in [6.45, 7) is 3.19. The Morgan fingerprint density at radius 1 is 1.12 bits per heavy atom. The van der Waals surface area contributed by atoms with Crippen molar-refractivity contribution in [1.82, 2.24) is 0 Å². The van der Waals surface area contributed by atoms with Gasteiger partial charge in [0, 0.05) is 5.57 Å². The number of aliphatic carboxylic acids is 1. The van der Waals surface area contributed by atoms with Crippen molar-refractivity contribution < 1.29 is 38.9 Å². The van der Waals surface area contributed by atoms with Gasteiger partial charge in [-0.15, -0.1) is 0 Å².